The van der Waals surface area contributed by atoms with Gasteiger partial charge in [0.25, 0.3) is 5.91 Å². The molecule has 5 rings (SSSR count). The molecule has 4 atom stereocenters. The van der Waals surface area contributed by atoms with Gasteiger partial charge < -0.3 is 24.8 Å². The predicted molar refractivity (Wildman–Crippen MR) is 166 cm³/mol. The fourth-order valence-electron chi connectivity index (χ4n) is 6.20. The molecule has 3 aliphatic heterocycles. The molecule has 9 nitrogen and oxygen atoms in total. The number of fused-ring (bicyclic) bond motifs is 1. The van der Waals surface area contributed by atoms with Crippen molar-refractivity contribution in [1.82, 2.24) is 20.1 Å². The van der Waals surface area contributed by atoms with E-state index in [0.29, 0.717) is 18.5 Å². The molecular weight excluding hydrogens is 550 g/mol. The zero-order valence-corrected chi connectivity index (χ0v) is 26.4. The monoisotopic (exact) mass is 593 g/mol. The molecule has 42 heavy (non-hydrogen) atoms. The zero-order chi connectivity index (χ0) is 30.1. The minimum Gasteiger partial charge on any atom is -0.367 e. The van der Waals surface area contributed by atoms with Crippen LogP contribution in [0.2, 0.25) is 0 Å². The number of rotatable bonds is 8. The number of allylic oxidation sites excluding steroid dienone is 1. The molecule has 226 valence electrons. The summed E-state index contributed by atoms with van der Waals surface area (Å²) in [6.07, 6.45) is 2.16. The van der Waals surface area contributed by atoms with Gasteiger partial charge in [-0.25, -0.2) is 4.98 Å². The number of Topliss-reactive ketones (excluding diaryl/α,β-unsaturated/α-hetero) is 1. The lowest BCUT2D eigenvalue weighted by Gasteiger charge is -2.32. The number of benzene rings is 1. The first-order chi connectivity index (χ1) is 20.1. The number of likely N-dealkylation sites (tertiary alicyclic amines) is 1. The van der Waals surface area contributed by atoms with Crippen LogP contribution in [0.3, 0.4) is 0 Å². The molecule has 1 aromatic carbocycles. The summed E-state index contributed by atoms with van der Waals surface area (Å²) in [5.74, 6) is -0.448. The van der Waals surface area contributed by atoms with Crippen molar-refractivity contribution in [2.45, 2.75) is 59.2 Å². The quantitative estimate of drug-likeness (QED) is 0.466. The fraction of sp³-hybridized carbons (Fsp3) is 0.562. The SMILES string of the molecule is CC=C(C)C1CN(C(=O)C(CC(C)C)NC(=O)c2ccc(-c3nc(N4CCN(C)CC4)sc3C)cc2)C2C(=O)COC12. The molecule has 10 heteroatoms. The highest BCUT2D eigenvalue weighted by molar-refractivity contribution is 7.16. The molecule has 4 heterocycles. The molecule has 0 saturated carbocycles. The number of nitrogens with zero attached hydrogens (tertiary/aromatic N) is 4. The molecule has 0 aliphatic carbocycles. The van der Waals surface area contributed by atoms with Gasteiger partial charge in [0.2, 0.25) is 5.91 Å². The number of carbonyl (C=O) groups excluding carboxylic acids is 3. The average molecular weight is 594 g/mol. The second-order valence-electron chi connectivity index (χ2n) is 12.2. The van der Waals surface area contributed by atoms with Crippen LogP contribution in [-0.4, -0.2) is 96.9 Å². The minimum absolute atomic E-state index is 0.0233. The summed E-state index contributed by atoms with van der Waals surface area (Å²) in [6.45, 7) is 14.5. The van der Waals surface area contributed by atoms with Crippen LogP contribution in [0, 0.1) is 18.8 Å². The van der Waals surface area contributed by atoms with Gasteiger partial charge in [-0.2, -0.15) is 0 Å². The van der Waals surface area contributed by atoms with Crippen molar-refractivity contribution in [3.05, 3.63) is 46.4 Å². The Morgan fingerprint density at radius 3 is 2.50 bits per heavy atom. The molecule has 3 fully saturated rings. The van der Waals surface area contributed by atoms with Crippen molar-refractivity contribution in [3.63, 3.8) is 0 Å². The third kappa shape index (κ3) is 6.16. The van der Waals surface area contributed by atoms with Gasteiger partial charge in [0, 0.05) is 54.6 Å². The van der Waals surface area contributed by atoms with Crippen LogP contribution in [0.25, 0.3) is 11.3 Å². The summed E-state index contributed by atoms with van der Waals surface area (Å²) in [5, 5.41) is 4.03. The van der Waals surface area contributed by atoms with Crippen molar-refractivity contribution < 1.29 is 19.1 Å². The summed E-state index contributed by atoms with van der Waals surface area (Å²) >= 11 is 1.71. The third-order valence-corrected chi connectivity index (χ3v) is 9.83. The molecule has 3 aliphatic rings. The van der Waals surface area contributed by atoms with Crippen molar-refractivity contribution in [1.29, 1.82) is 0 Å². The number of piperazine rings is 1. The molecule has 1 N–H and O–H groups in total. The first-order valence-corrected chi connectivity index (χ1v) is 15.8. The number of ketones is 1. The van der Waals surface area contributed by atoms with E-state index in [4.69, 9.17) is 9.72 Å². The van der Waals surface area contributed by atoms with Crippen molar-refractivity contribution in [2.24, 2.45) is 11.8 Å². The molecule has 2 aromatic rings. The highest BCUT2D eigenvalue weighted by atomic mass is 32.1. The van der Waals surface area contributed by atoms with Crippen LogP contribution in [0.1, 0.15) is 49.4 Å². The number of ether oxygens (including phenoxy) is 1. The topological polar surface area (TPSA) is 95.1 Å². The van der Waals surface area contributed by atoms with E-state index in [1.165, 1.54) is 0 Å². The second-order valence-corrected chi connectivity index (χ2v) is 13.4. The number of aromatic nitrogens is 1. The van der Waals surface area contributed by atoms with Crippen LogP contribution in [0.15, 0.2) is 35.9 Å². The van der Waals surface area contributed by atoms with E-state index in [-0.39, 0.29) is 42.1 Å². The van der Waals surface area contributed by atoms with Crippen LogP contribution >= 0.6 is 11.3 Å². The van der Waals surface area contributed by atoms with Gasteiger partial charge in [0.15, 0.2) is 10.9 Å². The molecule has 0 radical (unpaired) electrons. The number of anilines is 1. The van der Waals surface area contributed by atoms with Crippen LogP contribution in [0.5, 0.6) is 0 Å². The van der Waals surface area contributed by atoms with Crippen LogP contribution in [-0.2, 0) is 14.3 Å². The number of hydrogen-bond acceptors (Lipinski definition) is 8. The lowest BCUT2D eigenvalue weighted by molar-refractivity contribution is -0.138. The summed E-state index contributed by atoms with van der Waals surface area (Å²) in [5.41, 5.74) is 3.48. The summed E-state index contributed by atoms with van der Waals surface area (Å²) < 4.78 is 5.83. The van der Waals surface area contributed by atoms with E-state index >= 15 is 0 Å². The van der Waals surface area contributed by atoms with Gasteiger partial charge in [0.1, 0.15) is 18.7 Å². The van der Waals surface area contributed by atoms with E-state index in [9.17, 15) is 14.4 Å². The van der Waals surface area contributed by atoms with E-state index in [0.717, 1.165) is 53.0 Å². The number of likely N-dealkylation sites (N-methyl/N-ethyl adjacent to an activating group) is 1. The molecule has 4 unspecified atom stereocenters. The zero-order valence-electron chi connectivity index (χ0n) is 25.6. The Balaban J connectivity index is 1.30. The van der Waals surface area contributed by atoms with Gasteiger partial charge in [-0.05, 0) is 52.3 Å². The smallest absolute Gasteiger partial charge is 0.251 e. The Hall–Kier alpha value is -3.08. The van der Waals surface area contributed by atoms with Crippen LogP contribution in [0.4, 0.5) is 5.13 Å². The van der Waals surface area contributed by atoms with Crippen molar-refractivity contribution in [3.8, 4) is 11.3 Å². The second kappa shape index (κ2) is 12.7. The number of thiazole rings is 1. The highest BCUT2D eigenvalue weighted by Crippen LogP contribution is 2.37. The Morgan fingerprint density at radius 1 is 1.17 bits per heavy atom. The minimum atomic E-state index is -0.734. The molecule has 1 aromatic heterocycles. The van der Waals surface area contributed by atoms with Gasteiger partial charge in [0.05, 0.1) is 11.8 Å². The van der Waals surface area contributed by atoms with Crippen molar-refractivity contribution >= 4 is 34.1 Å². The highest BCUT2D eigenvalue weighted by Gasteiger charge is 2.53. The largest absolute Gasteiger partial charge is 0.367 e. The number of carbonyl (C=O) groups is 3. The maximum atomic E-state index is 13.9. The summed E-state index contributed by atoms with van der Waals surface area (Å²) in [6, 6.07) is 6.11. The first kappa shape index (κ1) is 30.4. The predicted octanol–water partition coefficient (Wildman–Crippen LogP) is 3.78. The molecule has 0 spiro atoms. The lowest BCUT2D eigenvalue weighted by Crippen LogP contribution is -2.52. The van der Waals surface area contributed by atoms with Crippen molar-refractivity contribution in [2.75, 3.05) is 51.3 Å². The molecule has 2 amide bonds. The molecule has 3 saturated heterocycles. The number of amides is 2. The molecular formula is C32H43N5O4S. The third-order valence-electron chi connectivity index (χ3n) is 8.80. The van der Waals surface area contributed by atoms with E-state index < -0.39 is 12.1 Å². The Labute approximate surface area is 252 Å². The molecule has 0 bridgehead atoms. The van der Waals surface area contributed by atoms with Crippen LogP contribution < -0.4 is 10.2 Å². The first-order valence-electron chi connectivity index (χ1n) is 15.0. The number of hydrogen-bond donors (Lipinski definition) is 1. The number of aryl methyl sites for hydroxylation is 1. The Bertz CT molecular complexity index is 1350. The van der Waals surface area contributed by atoms with E-state index in [1.807, 2.05) is 45.9 Å². The summed E-state index contributed by atoms with van der Waals surface area (Å²) in [7, 11) is 2.14. The van der Waals surface area contributed by atoms with E-state index in [1.54, 1.807) is 28.4 Å². The normalized spacial score (nSPS) is 23.9. The van der Waals surface area contributed by atoms with Gasteiger partial charge >= 0.3 is 0 Å². The maximum absolute atomic E-state index is 13.9. The standard InChI is InChI=1S/C32H43N5O4S/c1-7-20(4)24-17-37(28-26(38)18-41-29(24)28)31(40)25(16-19(2)3)33-30(39)23-10-8-22(9-11-23)27-21(5)42-32(34-27)36-14-12-35(6)13-15-36/h7-11,19,24-25,28-29H,12-18H2,1-6H3,(H,33,39). The Morgan fingerprint density at radius 2 is 1.86 bits per heavy atom. The van der Waals surface area contributed by atoms with Gasteiger partial charge in [-0.1, -0.05) is 37.6 Å². The summed E-state index contributed by atoms with van der Waals surface area (Å²) in [4.78, 5) is 52.5. The van der Waals surface area contributed by atoms with E-state index in [2.05, 4.69) is 29.1 Å². The lowest BCUT2D eigenvalue weighted by atomic mass is 9.94. The van der Waals surface area contributed by atoms with Gasteiger partial charge in [-0.3, -0.25) is 14.4 Å². The Kier molecular flexibility index (Phi) is 9.15. The maximum Gasteiger partial charge on any atom is 0.251 e. The average Bonchev–Trinajstić information content (AvgIpc) is 3.67. The fourth-order valence-corrected chi connectivity index (χ4v) is 7.18. The number of nitrogens with one attached hydrogen (secondary N) is 1. The van der Waals surface area contributed by atoms with Gasteiger partial charge in [-0.15, -0.1) is 11.3 Å².